The van der Waals surface area contributed by atoms with E-state index < -0.39 is 26.8 Å². The molecule has 3 aromatic rings. The van der Waals surface area contributed by atoms with Crippen LogP contribution in [0.25, 0.3) is 10.9 Å². The highest BCUT2D eigenvalue weighted by Crippen LogP contribution is 2.42. The average Bonchev–Trinajstić information content (AvgIpc) is 3.63. The summed E-state index contributed by atoms with van der Waals surface area (Å²) >= 11 is 0. The van der Waals surface area contributed by atoms with E-state index in [2.05, 4.69) is 20.2 Å². The lowest BCUT2D eigenvalue weighted by Crippen LogP contribution is -2.38. The zero-order valence-corrected chi connectivity index (χ0v) is 21.3. The van der Waals surface area contributed by atoms with Crippen LogP contribution >= 0.6 is 0 Å². The first-order valence-corrected chi connectivity index (χ1v) is 14.0. The Labute approximate surface area is 215 Å². The second-order valence-corrected chi connectivity index (χ2v) is 11.3. The Morgan fingerprint density at radius 2 is 2.05 bits per heavy atom. The van der Waals surface area contributed by atoms with Gasteiger partial charge < -0.3 is 15.2 Å². The van der Waals surface area contributed by atoms with E-state index in [-0.39, 0.29) is 11.8 Å². The molecular weight excluding hydrogens is 495 g/mol. The molecule has 2 aromatic carbocycles. The zero-order valence-electron chi connectivity index (χ0n) is 20.5. The summed E-state index contributed by atoms with van der Waals surface area (Å²) in [5.41, 5.74) is 2.41. The first-order chi connectivity index (χ1) is 17.8. The molecule has 2 unspecified atom stereocenters. The molecule has 2 aliphatic rings. The number of hydrogen-bond donors (Lipinski definition) is 4. The van der Waals surface area contributed by atoms with Crippen LogP contribution in [0.1, 0.15) is 31.4 Å². The summed E-state index contributed by atoms with van der Waals surface area (Å²) in [6, 6.07) is 11.1. The molecule has 0 spiro atoms. The Morgan fingerprint density at radius 3 is 2.84 bits per heavy atom. The van der Waals surface area contributed by atoms with Gasteiger partial charge in [-0.2, -0.15) is 5.10 Å². The van der Waals surface area contributed by atoms with E-state index in [4.69, 9.17) is 4.74 Å². The average molecular weight is 527 g/mol. The van der Waals surface area contributed by atoms with Gasteiger partial charge in [0.25, 0.3) is 10.0 Å². The number of ether oxygens (including phenoxy) is 1. The molecule has 8 nitrogen and oxygen atoms in total. The lowest BCUT2D eigenvalue weighted by atomic mass is 9.84. The van der Waals surface area contributed by atoms with E-state index in [1.165, 1.54) is 36.7 Å². The Morgan fingerprint density at radius 1 is 1.24 bits per heavy atom. The van der Waals surface area contributed by atoms with E-state index in [1.807, 2.05) is 31.2 Å². The summed E-state index contributed by atoms with van der Waals surface area (Å²) < 4.78 is 47.5. The van der Waals surface area contributed by atoms with Crippen LogP contribution in [0.3, 0.4) is 0 Å². The number of aliphatic hydroxyl groups is 1. The minimum Gasteiger partial charge on any atom is -0.492 e. The van der Waals surface area contributed by atoms with Crippen molar-refractivity contribution < 1.29 is 22.7 Å². The highest BCUT2D eigenvalue weighted by atomic mass is 32.2. The molecule has 0 saturated heterocycles. The van der Waals surface area contributed by atoms with Crippen LogP contribution in [0.15, 0.2) is 71.3 Å². The fourth-order valence-corrected chi connectivity index (χ4v) is 5.75. The number of H-pyrrole nitrogens is 1. The van der Waals surface area contributed by atoms with Gasteiger partial charge >= 0.3 is 0 Å². The molecular formula is C27H31FN4O4S. The summed E-state index contributed by atoms with van der Waals surface area (Å²) in [5, 5.41) is 22.7. The molecule has 0 radical (unpaired) electrons. The van der Waals surface area contributed by atoms with Crippen molar-refractivity contribution in [3.63, 3.8) is 0 Å². The first-order valence-electron chi connectivity index (χ1n) is 12.5. The van der Waals surface area contributed by atoms with Crippen molar-refractivity contribution >= 4 is 20.9 Å². The lowest BCUT2D eigenvalue weighted by Gasteiger charge is -2.28. The van der Waals surface area contributed by atoms with Crippen molar-refractivity contribution in [1.82, 2.24) is 20.2 Å². The monoisotopic (exact) mass is 526 g/mol. The number of benzene rings is 2. The number of sulfonamides is 1. The van der Waals surface area contributed by atoms with Crippen LogP contribution in [0.4, 0.5) is 4.39 Å². The molecule has 1 aromatic heterocycles. The van der Waals surface area contributed by atoms with Gasteiger partial charge in [0, 0.05) is 47.8 Å². The fraction of sp³-hybridized carbons (Fsp3) is 0.370. The maximum Gasteiger partial charge on any atom is 0.264 e. The van der Waals surface area contributed by atoms with Crippen molar-refractivity contribution in [3.05, 3.63) is 77.9 Å². The number of aromatic amines is 1. The number of allylic oxidation sites excluding steroid dienone is 2. The zero-order chi connectivity index (χ0) is 26.0. The van der Waals surface area contributed by atoms with Gasteiger partial charge in [-0.15, -0.1) is 0 Å². The summed E-state index contributed by atoms with van der Waals surface area (Å²) in [6.07, 6.45) is 6.82. The Balaban J connectivity index is 1.11. The lowest BCUT2D eigenvalue weighted by molar-refractivity contribution is 0.109. The van der Waals surface area contributed by atoms with Crippen molar-refractivity contribution in [1.29, 1.82) is 0 Å². The van der Waals surface area contributed by atoms with Crippen LogP contribution < -0.4 is 14.8 Å². The first kappa shape index (κ1) is 25.4. The summed E-state index contributed by atoms with van der Waals surface area (Å²) in [6.45, 7) is 3.20. The number of hydrogen-bond acceptors (Lipinski definition) is 6. The standard InChI is InChI=1S/C27H31FN4O4S/c1-17-6-9-19(32-37(34,35)26-5-3-2-4-23(26)28)14-22(17)25(33)16-29-12-13-36-20-10-11-21-24(15-20)30-31-27(21)18-7-8-18/h2-6,9-11,14-15,17-18,22,25,29,32-33H,7-8,12-13,16H2,1H3,(H,30,31)/t17?,22?,25-/m0/s1. The molecule has 2 aliphatic carbocycles. The van der Waals surface area contributed by atoms with Gasteiger partial charge in [-0.1, -0.05) is 31.2 Å². The Hall–Kier alpha value is -3.21. The molecule has 0 bridgehead atoms. The van der Waals surface area contributed by atoms with Crippen molar-refractivity contribution in [2.45, 2.75) is 36.7 Å². The smallest absolute Gasteiger partial charge is 0.264 e. The van der Waals surface area contributed by atoms with E-state index in [0.29, 0.717) is 31.3 Å². The van der Waals surface area contributed by atoms with Crippen LogP contribution in [-0.2, 0) is 10.0 Å². The van der Waals surface area contributed by atoms with Gasteiger partial charge in [-0.05, 0) is 49.1 Å². The minimum absolute atomic E-state index is 0.00382. The second kappa shape index (κ2) is 10.6. The summed E-state index contributed by atoms with van der Waals surface area (Å²) in [4.78, 5) is -0.420. The van der Waals surface area contributed by atoms with Crippen LogP contribution in [-0.4, -0.2) is 49.5 Å². The maximum absolute atomic E-state index is 14.0. The van der Waals surface area contributed by atoms with Crippen LogP contribution in [0.2, 0.25) is 0 Å². The summed E-state index contributed by atoms with van der Waals surface area (Å²) in [5.74, 6) is 0.201. The number of rotatable bonds is 11. The molecule has 1 saturated carbocycles. The topological polar surface area (TPSA) is 116 Å². The summed E-state index contributed by atoms with van der Waals surface area (Å²) in [7, 11) is -4.09. The molecule has 1 fully saturated rings. The third-order valence-electron chi connectivity index (χ3n) is 6.82. The van der Waals surface area contributed by atoms with Gasteiger partial charge in [0.1, 0.15) is 23.1 Å². The SMILES string of the molecule is CC1C=CC(NS(=O)(=O)c2ccccc2F)=CC1[C@@H](O)CNCCOc1ccc2c(C3CC3)[nH]nc2c1. The Bertz CT molecular complexity index is 1430. The number of fused-ring (bicyclic) bond motifs is 1. The second-order valence-electron chi connectivity index (χ2n) is 9.66. The minimum atomic E-state index is -4.09. The number of aliphatic hydroxyl groups excluding tert-OH is 1. The normalized spacial score (nSPS) is 20.6. The number of aromatic nitrogens is 2. The largest absolute Gasteiger partial charge is 0.492 e. The predicted octanol–water partition coefficient (Wildman–Crippen LogP) is 3.59. The molecule has 4 N–H and O–H groups in total. The molecule has 0 amide bonds. The number of halogens is 1. The van der Waals surface area contributed by atoms with Gasteiger partial charge in [-0.25, -0.2) is 12.8 Å². The van der Waals surface area contributed by atoms with Crippen molar-refractivity contribution in [2.24, 2.45) is 11.8 Å². The molecule has 1 heterocycles. The van der Waals surface area contributed by atoms with E-state index in [0.717, 1.165) is 22.7 Å². The van der Waals surface area contributed by atoms with Gasteiger partial charge in [0.15, 0.2) is 0 Å². The van der Waals surface area contributed by atoms with E-state index >= 15 is 0 Å². The molecule has 0 aliphatic heterocycles. The molecule has 3 atom stereocenters. The van der Waals surface area contributed by atoms with Crippen LogP contribution in [0, 0.1) is 17.7 Å². The van der Waals surface area contributed by atoms with Crippen molar-refractivity contribution in [2.75, 3.05) is 19.7 Å². The molecule has 10 heteroatoms. The quantitative estimate of drug-likeness (QED) is 0.284. The highest BCUT2D eigenvalue weighted by molar-refractivity contribution is 7.89. The predicted molar refractivity (Wildman–Crippen MR) is 139 cm³/mol. The van der Waals surface area contributed by atoms with Crippen LogP contribution in [0.5, 0.6) is 5.75 Å². The van der Waals surface area contributed by atoms with Gasteiger partial charge in [0.2, 0.25) is 0 Å². The number of nitrogens with zero attached hydrogens (tertiary/aromatic N) is 1. The maximum atomic E-state index is 14.0. The Kier molecular flexibility index (Phi) is 7.32. The third-order valence-corrected chi connectivity index (χ3v) is 8.24. The molecule has 5 rings (SSSR count). The van der Waals surface area contributed by atoms with E-state index in [1.54, 1.807) is 12.2 Å². The van der Waals surface area contributed by atoms with Gasteiger partial charge in [0.05, 0.1) is 11.6 Å². The van der Waals surface area contributed by atoms with Crippen molar-refractivity contribution in [3.8, 4) is 5.75 Å². The number of nitrogens with one attached hydrogen (secondary N) is 3. The van der Waals surface area contributed by atoms with E-state index in [9.17, 15) is 17.9 Å². The third kappa shape index (κ3) is 5.87. The fourth-order valence-electron chi connectivity index (χ4n) is 4.61. The highest BCUT2D eigenvalue weighted by Gasteiger charge is 2.28. The molecule has 196 valence electrons. The van der Waals surface area contributed by atoms with Gasteiger partial charge in [-0.3, -0.25) is 9.82 Å². The molecule has 37 heavy (non-hydrogen) atoms.